The highest BCUT2D eigenvalue weighted by Gasteiger charge is 2.31. The van der Waals surface area contributed by atoms with Crippen molar-refractivity contribution in [1.82, 2.24) is 9.97 Å². The summed E-state index contributed by atoms with van der Waals surface area (Å²) in [6, 6.07) is 3.88. The second kappa shape index (κ2) is 9.30. The number of hydrogen-bond acceptors (Lipinski definition) is 7. The molecule has 3 aromatic rings. The second-order valence-electron chi connectivity index (χ2n) is 9.22. The van der Waals surface area contributed by atoms with Crippen LogP contribution in [-0.4, -0.2) is 41.6 Å². The second-order valence-corrected chi connectivity index (χ2v) is 9.22. The van der Waals surface area contributed by atoms with E-state index in [1.54, 1.807) is 0 Å². The van der Waals surface area contributed by atoms with E-state index in [0.717, 1.165) is 48.5 Å². The van der Waals surface area contributed by atoms with Crippen molar-refractivity contribution in [1.29, 1.82) is 0 Å². The molecule has 5 rings (SSSR count). The molecule has 0 saturated carbocycles. The van der Waals surface area contributed by atoms with Gasteiger partial charge in [-0.2, -0.15) is 0 Å². The molecule has 2 atom stereocenters. The molecular weight excluding hydrogens is 473 g/mol. The van der Waals surface area contributed by atoms with E-state index in [2.05, 4.69) is 27.1 Å². The third-order valence-electron chi connectivity index (χ3n) is 6.38. The number of nitrogens with two attached hydrogens (primary N) is 2. The monoisotopic (exact) mass is 498 g/mol. The van der Waals surface area contributed by atoms with Gasteiger partial charge in [0.2, 0.25) is 5.88 Å². The minimum atomic E-state index is -1.05. The first-order valence-electron chi connectivity index (χ1n) is 11.6. The number of nitrogens with one attached hydrogen (secondary N) is 1. The molecule has 2 aliphatic heterocycles. The average Bonchev–Trinajstić information content (AvgIpc) is 3.28. The summed E-state index contributed by atoms with van der Waals surface area (Å²) in [5, 5.41) is 2.76. The summed E-state index contributed by atoms with van der Waals surface area (Å²) in [7, 11) is 0. The van der Waals surface area contributed by atoms with Gasteiger partial charge in [-0.3, -0.25) is 4.79 Å². The number of pyridine rings is 2. The lowest BCUT2D eigenvalue weighted by Crippen LogP contribution is -2.47. The maximum atomic E-state index is 14.6. The van der Waals surface area contributed by atoms with E-state index in [9.17, 15) is 18.0 Å². The number of nitrogen functional groups attached to an aromatic ring is 1. The van der Waals surface area contributed by atoms with Gasteiger partial charge in [0.05, 0.1) is 35.4 Å². The fourth-order valence-corrected chi connectivity index (χ4v) is 4.93. The Hall–Kier alpha value is -3.86. The molecule has 0 bridgehead atoms. The highest BCUT2D eigenvalue weighted by Crippen LogP contribution is 2.40. The molecule has 2 unspecified atom stereocenters. The fourth-order valence-electron chi connectivity index (χ4n) is 4.93. The Kier molecular flexibility index (Phi) is 6.17. The van der Waals surface area contributed by atoms with Crippen LogP contribution in [0.15, 0.2) is 30.5 Å². The van der Waals surface area contributed by atoms with Gasteiger partial charge in [0.1, 0.15) is 17.3 Å². The lowest BCUT2D eigenvalue weighted by atomic mass is 9.95. The number of anilines is 3. The quantitative estimate of drug-likeness (QED) is 0.504. The summed E-state index contributed by atoms with van der Waals surface area (Å²) in [6.45, 7) is 3.87. The number of aromatic nitrogens is 2. The first kappa shape index (κ1) is 23.9. The van der Waals surface area contributed by atoms with Gasteiger partial charge in [0.25, 0.3) is 5.91 Å². The number of carbonyl (C=O) groups excluding carboxylic acids is 1. The number of carbonyl (C=O) groups is 1. The van der Waals surface area contributed by atoms with Gasteiger partial charge >= 0.3 is 0 Å². The summed E-state index contributed by atoms with van der Waals surface area (Å²) in [4.78, 5) is 23.6. The molecule has 0 spiro atoms. The van der Waals surface area contributed by atoms with Crippen LogP contribution in [0, 0.1) is 23.4 Å². The van der Waals surface area contributed by atoms with Crippen molar-refractivity contribution in [3.63, 3.8) is 0 Å². The normalized spacial score (nSPS) is 19.1. The number of halogens is 3. The van der Waals surface area contributed by atoms with Crippen molar-refractivity contribution >= 4 is 23.0 Å². The standard InChI is InChI=1S/C25H25F3N6O2/c1-12-7-13(29)11-34(10-12)23-14-5-6-36-25(14)31-9-19(23)32-24(35)22-18(30)8-17(28)21(33-22)20-15(26)3-2-4-16(20)27/h2-4,8-9,12-13H,5-7,10-11,29-30H2,1H3,(H,32,35). The van der Waals surface area contributed by atoms with Crippen LogP contribution in [0.2, 0.25) is 0 Å². The van der Waals surface area contributed by atoms with Crippen molar-refractivity contribution in [3.8, 4) is 17.1 Å². The third-order valence-corrected chi connectivity index (χ3v) is 6.38. The Bertz CT molecular complexity index is 1320. The zero-order valence-electron chi connectivity index (χ0n) is 19.5. The topological polar surface area (TPSA) is 119 Å². The summed E-state index contributed by atoms with van der Waals surface area (Å²) < 4.78 is 48.9. The van der Waals surface area contributed by atoms with Crippen LogP contribution in [0.5, 0.6) is 5.88 Å². The van der Waals surface area contributed by atoms with Crippen LogP contribution in [-0.2, 0) is 6.42 Å². The molecule has 4 heterocycles. The van der Waals surface area contributed by atoms with E-state index in [4.69, 9.17) is 16.2 Å². The van der Waals surface area contributed by atoms with E-state index in [-0.39, 0.29) is 17.4 Å². The number of nitrogens with zero attached hydrogens (tertiary/aromatic N) is 3. The van der Waals surface area contributed by atoms with Crippen LogP contribution in [0.25, 0.3) is 11.3 Å². The van der Waals surface area contributed by atoms with Crippen LogP contribution in [0.1, 0.15) is 29.4 Å². The molecule has 8 nitrogen and oxygen atoms in total. The molecule has 1 amide bonds. The number of hydrogen-bond donors (Lipinski definition) is 3. The average molecular weight is 499 g/mol. The third kappa shape index (κ3) is 4.30. The zero-order chi connectivity index (χ0) is 25.6. The van der Waals surface area contributed by atoms with Crippen LogP contribution in [0.3, 0.4) is 0 Å². The molecule has 5 N–H and O–H groups in total. The minimum Gasteiger partial charge on any atom is -0.477 e. The van der Waals surface area contributed by atoms with Gasteiger partial charge in [-0.05, 0) is 24.5 Å². The summed E-state index contributed by atoms with van der Waals surface area (Å²) in [5.41, 5.74) is 12.2. The molecule has 1 fully saturated rings. The lowest BCUT2D eigenvalue weighted by molar-refractivity contribution is 0.102. The van der Waals surface area contributed by atoms with Crippen molar-refractivity contribution in [2.24, 2.45) is 11.7 Å². The highest BCUT2D eigenvalue weighted by molar-refractivity contribution is 6.08. The van der Waals surface area contributed by atoms with Gasteiger partial charge in [-0.15, -0.1) is 0 Å². The SMILES string of the molecule is CC1CC(N)CN(c2c(NC(=O)c3nc(-c4c(F)cccc4F)c(F)cc3N)cnc3c2CCO3)C1. The summed E-state index contributed by atoms with van der Waals surface area (Å²) in [6.07, 6.45) is 2.96. The van der Waals surface area contributed by atoms with E-state index < -0.39 is 34.6 Å². The number of fused-ring (bicyclic) bond motifs is 1. The number of piperidine rings is 1. The zero-order valence-corrected chi connectivity index (χ0v) is 19.5. The molecule has 0 radical (unpaired) electrons. The predicted molar refractivity (Wildman–Crippen MR) is 129 cm³/mol. The van der Waals surface area contributed by atoms with Gasteiger partial charge < -0.3 is 26.4 Å². The minimum absolute atomic E-state index is 0.0453. The van der Waals surface area contributed by atoms with E-state index in [1.807, 2.05) is 0 Å². The van der Waals surface area contributed by atoms with Crippen molar-refractivity contribution in [2.75, 3.05) is 35.6 Å². The number of rotatable bonds is 4. The smallest absolute Gasteiger partial charge is 0.276 e. The molecule has 0 aliphatic carbocycles. The molecule has 11 heteroatoms. The first-order chi connectivity index (χ1) is 17.2. The van der Waals surface area contributed by atoms with E-state index >= 15 is 0 Å². The fraction of sp³-hybridized carbons (Fsp3) is 0.320. The lowest BCUT2D eigenvalue weighted by Gasteiger charge is -2.38. The Morgan fingerprint density at radius 2 is 1.94 bits per heavy atom. The Morgan fingerprint density at radius 3 is 2.67 bits per heavy atom. The molecule has 188 valence electrons. The van der Waals surface area contributed by atoms with Gasteiger partial charge in [-0.25, -0.2) is 23.1 Å². The Labute approximate surface area is 205 Å². The molecule has 2 aromatic heterocycles. The van der Waals surface area contributed by atoms with Gasteiger partial charge in [-0.1, -0.05) is 13.0 Å². The first-order valence-corrected chi connectivity index (χ1v) is 11.6. The van der Waals surface area contributed by atoms with Gasteiger partial charge in [0, 0.05) is 37.2 Å². The number of amides is 1. The maximum absolute atomic E-state index is 14.6. The number of ether oxygens (including phenoxy) is 1. The predicted octanol–water partition coefficient (Wildman–Crippen LogP) is 3.50. The summed E-state index contributed by atoms with van der Waals surface area (Å²) in [5.74, 6) is -3.04. The molecule has 2 aliphatic rings. The highest BCUT2D eigenvalue weighted by atomic mass is 19.1. The molecule has 36 heavy (non-hydrogen) atoms. The Balaban J connectivity index is 1.54. The van der Waals surface area contributed by atoms with Crippen molar-refractivity contribution in [2.45, 2.75) is 25.8 Å². The van der Waals surface area contributed by atoms with Crippen molar-refractivity contribution in [3.05, 3.63) is 59.2 Å². The molecule has 1 aromatic carbocycles. The summed E-state index contributed by atoms with van der Waals surface area (Å²) >= 11 is 0. The number of benzene rings is 1. The Morgan fingerprint density at radius 1 is 1.19 bits per heavy atom. The van der Waals surface area contributed by atoms with Crippen LogP contribution in [0.4, 0.5) is 30.2 Å². The molecular formula is C25H25F3N6O2. The van der Waals surface area contributed by atoms with Gasteiger partial charge in [0.15, 0.2) is 11.5 Å². The maximum Gasteiger partial charge on any atom is 0.276 e. The van der Waals surface area contributed by atoms with Crippen LogP contribution >= 0.6 is 0 Å². The molecule has 1 saturated heterocycles. The largest absolute Gasteiger partial charge is 0.477 e. The van der Waals surface area contributed by atoms with E-state index in [0.29, 0.717) is 37.1 Å². The van der Waals surface area contributed by atoms with Crippen molar-refractivity contribution < 1.29 is 22.7 Å². The van der Waals surface area contributed by atoms with E-state index in [1.165, 1.54) is 6.20 Å². The van der Waals surface area contributed by atoms with Crippen LogP contribution < -0.4 is 26.4 Å².